The summed E-state index contributed by atoms with van der Waals surface area (Å²) < 4.78 is -0.440. The Morgan fingerprint density at radius 2 is 2.14 bits per heavy atom. The molecule has 0 spiro atoms. The van der Waals surface area contributed by atoms with Crippen LogP contribution in [0.2, 0.25) is 0 Å². The lowest BCUT2D eigenvalue weighted by molar-refractivity contribution is -0.123. The summed E-state index contributed by atoms with van der Waals surface area (Å²) >= 11 is 5.27. The second-order valence-electron chi connectivity index (χ2n) is 4.31. The van der Waals surface area contributed by atoms with E-state index in [2.05, 4.69) is 27.5 Å². The van der Waals surface area contributed by atoms with Gasteiger partial charge in [0, 0.05) is 11.3 Å². The summed E-state index contributed by atoms with van der Waals surface area (Å²) in [4.78, 5) is 11.7. The lowest BCUT2D eigenvalue weighted by Crippen LogP contribution is -2.42. The number of carbonyl (C=O) groups is 1. The predicted octanol–water partition coefficient (Wildman–Crippen LogP) is 2.56. The number of hydrogen-bond donors (Lipinski definition) is 1. The van der Waals surface area contributed by atoms with E-state index >= 15 is 0 Å². The fraction of sp³-hybridized carbons (Fsp3) is 0.900. The number of thioether (sulfide) groups is 1. The average molecular weight is 280 g/mol. The summed E-state index contributed by atoms with van der Waals surface area (Å²) in [5.41, 5.74) is 0. The lowest BCUT2D eigenvalue weighted by Gasteiger charge is -2.20. The maximum atomic E-state index is 11.7. The third kappa shape index (κ3) is 3.46. The van der Waals surface area contributed by atoms with Crippen molar-refractivity contribution in [1.29, 1.82) is 0 Å². The van der Waals surface area contributed by atoms with Crippen LogP contribution >= 0.6 is 27.7 Å². The molecule has 82 valence electrons. The predicted molar refractivity (Wildman–Crippen MR) is 66.1 cm³/mol. The van der Waals surface area contributed by atoms with Gasteiger partial charge in [-0.15, -0.1) is 0 Å². The topological polar surface area (TPSA) is 29.1 Å². The van der Waals surface area contributed by atoms with E-state index in [1.54, 1.807) is 0 Å². The van der Waals surface area contributed by atoms with Crippen LogP contribution in [0.15, 0.2) is 0 Å². The van der Waals surface area contributed by atoms with Crippen LogP contribution in [0.1, 0.15) is 33.1 Å². The maximum absolute atomic E-state index is 11.7. The van der Waals surface area contributed by atoms with Gasteiger partial charge in [-0.25, -0.2) is 0 Å². The minimum absolute atomic E-state index is 0.101. The number of halogens is 1. The van der Waals surface area contributed by atoms with Gasteiger partial charge >= 0.3 is 0 Å². The number of alkyl halides is 1. The molecule has 1 aliphatic rings. The van der Waals surface area contributed by atoms with Gasteiger partial charge in [0.05, 0.1) is 4.32 Å². The van der Waals surface area contributed by atoms with Crippen LogP contribution in [0.5, 0.6) is 0 Å². The zero-order chi connectivity index (χ0) is 10.8. The molecular weight excluding hydrogens is 262 g/mol. The van der Waals surface area contributed by atoms with E-state index in [9.17, 15) is 4.79 Å². The molecule has 2 unspecified atom stereocenters. The molecule has 1 fully saturated rings. The summed E-state index contributed by atoms with van der Waals surface area (Å²) in [5, 5.41) is 3.82. The molecule has 0 bridgehead atoms. The van der Waals surface area contributed by atoms with Crippen LogP contribution in [-0.4, -0.2) is 27.8 Å². The molecule has 0 heterocycles. The average Bonchev–Trinajstić information content (AvgIpc) is 2.50. The van der Waals surface area contributed by atoms with Crippen molar-refractivity contribution in [3.63, 3.8) is 0 Å². The van der Waals surface area contributed by atoms with E-state index in [1.165, 1.54) is 6.42 Å². The third-order valence-electron chi connectivity index (χ3n) is 2.59. The fourth-order valence-electron chi connectivity index (χ4n) is 1.64. The van der Waals surface area contributed by atoms with Crippen molar-refractivity contribution in [2.24, 2.45) is 0 Å². The van der Waals surface area contributed by atoms with Gasteiger partial charge in [-0.2, -0.15) is 11.8 Å². The molecule has 0 aromatic carbocycles. The second kappa shape index (κ2) is 4.88. The highest BCUT2D eigenvalue weighted by Gasteiger charge is 2.30. The van der Waals surface area contributed by atoms with Gasteiger partial charge in [0.25, 0.3) is 0 Å². The van der Waals surface area contributed by atoms with Crippen molar-refractivity contribution in [3.8, 4) is 0 Å². The summed E-state index contributed by atoms with van der Waals surface area (Å²) in [6.45, 7) is 3.76. The summed E-state index contributed by atoms with van der Waals surface area (Å²) in [7, 11) is 0. The Morgan fingerprint density at radius 1 is 1.50 bits per heavy atom. The number of amides is 1. The minimum Gasteiger partial charge on any atom is -0.352 e. The van der Waals surface area contributed by atoms with Crippen LogP contribution in [0, 0.1) is 0 Å². The maximum Gasteiger partial charge on any atom is 0.236 e. The molecule has 14 heavy (non-hydrogen) atoms. The molecule has 1 amide bonds. The van der Waals surface area contributed by atoms with Crippen LogP contribution in [0.4, 0.5) is 0 Å². The Balaban J connectivity index is 2.36. The van der Waals surface area contributed by atoms with Gasteiger partial charge in [0.1, 0.15) is 0 Å². The first kappa shape index (κ1) is 12.4. The normalized spacial score (nSPS) is 27.7. The highest BCUT2D eigenvalue weighted by Crippen LogP contribution is 2.28. The molecule has 4 heteroatoms. The van der Waals surface area contributed by atoms with E-state index in [0.29, 0.717) is 6.04 Å². The van der Waals surface area contributed by atoms with Crippen molar-refractivity contribution in [2.75, 3.05) is 6.26 Å². The zero-order valence-electron chi connectivity index (χ0n) is 8.97. The monoisotopic (exact) mass is 279 g/mol. The molecule has 2 nitrogen and oxygen atoms in total. The largest absolute Gasteiger partial charge is 0.352 e. The molecule has 2 atom stereocenters. The van der Waals surface area contributed by atoms with Gasteiger partial charge in [-0.05, 0) is 39.4 Å². The lowest BCUT2D eigenvalue weighted by atomic mass is 10.1. The van der Waals surface area contributed by atoms with Crippen LogP contribution in [0.3, 0.4) is 0 Å². The van der Waals surface area contributed by atoms with Gasteiger partial charge in [-0.1, -0.05) is 15.9 Å². The Kier molecular flexibility index (Phi) is 4.31. The molecule has 1 saturated carbocycles. The molecule has 0 aromatic heterocycles. The van der Waals surface area contributed by atoms with Crippen LogP contribution in [0.25, 0.3) is 0 Å². The fourth-order valence-corrected chi connectivity index (χ4v) is 2.55. The molecule has 1 aliphatic carbocycles. The third-order valence-corrected chi connectivity index (χ3v) is 4.05. The smallest absolute Gasteiger partial charge is 0.236 e. The first-order valence-corrected chi connectivity index (χ1v) is 7.04. The summed E-state index contributed by atoms with van der Waals surface area (Å²) in [5.74, 6) is 0.101. The molecule has 1 N–H and O–H groups in total. The number of carbonyl (C=O) groups excluding carboxylic acids is 1. The molecule has 0 saturated heterocycles. The molecule has 1 rings (SSSR count). The highest BCUT2D eigenvalue weighted by atomic mass is 79.9. The van der Waals surface area contributed by atoms with Crippen molar-refractivity contribution in [1.82, 2.24) is 5.32 Å². The van der Waals surface area contributed by atoms with E-state index in [4.69, 9.17) is 0 Å². The first-order chi connectivity index (χ1) is 6.43. The van der Waals surface area contributed by atoms with E-state index in [1.807, 2.05) is 25.6 Å². The van der Waals surface area contributed by atoms with E-state index in [0.717, 1.165) is 18.1 Å². The van der Waals surface area contributed by atoms with Crippen LogP contribution in [-0.2, 0) is 4.79 Å². The molecule has 0 aromatic rings. The Labute approximate surface area is 98.7 Å². The van der Waals surface area contributed by atoms with Crippen molar-refractivity contribution < 1.29 is 4.79 Å². The standard InChI is InChI=1S/C10H18BrNOS/c1-10(2,11)9(13)12-7-4-5-8(6-7)14-3/h7-8H,4-6H2,1-3H3,(H,12,13). The number of rotatable bonds is 3. The van der Waals surface area contributed by atoms with Crippen molar-refractivity contribution in [2.45, 2.75) is 48.7 Å². The van der Waals surface area contributed by atoms with Crippen LogP contribution < -0.4 is 5.32 Å². The van der Waals surface area contributed by atoms with E-state index < -0.39 is 4.32 Å². The second-order valence-corrected chi connectivity index (χ2v) is 7.43. The summed E-state index contributed by atoms with van der Waals surface area (Å²) in [6.07, 6.45) is 5.62. The van der Waals surface area contributed by atoms with Gasteiger partial charge in [0.2, 0.25) is 5.91 Å². The number of hydrogen-bond acceptors (Lipinski definition) is 2. The Hall–Kier alpha value is 0.300. The SMILES string of the molecule is CSC1CCC(NC(=O)C(C)(C)Br)C1. The highest BCUT2D eigenvalue weighted by molar-refractivity contribution is 9.10. The molecule has 0 radical (unpaired) electrons. The van der Waals surface area contributed by atoms with Crippen molar-refractivity contribution >= 4 is 33.6 Å². The molecular formula is C10H18BrNOS. The summed E-state index contributed by atoms with van der Waals surface area (Å²) in [6, 6.07) is 0.386. The quantitative estimate of drug-likeness (QED) is 0.805. The van der Waals surface area contributed by atoms with Gasteiger partial charge < -0.3 is 5.32 Å². The zero-order valence-corrected chi connectivity index (χ0v) is 11.4. The van der Waals surface area contributed by atoms with Gasteiger partial charge in [-0.3, -0.25) is 4.79 Å². The van der Waals surface area contributed by atoms with Gasteiger partial charge in [0.15, 0.2) is 0 Å². The molecule has 0 aliphatic heterocycles. The van der Waals surface area contributed by atoms with Crippen molar-refractivity contribution in [3.05, 3.63) is 0 Å². The van der Waals surface area contributed by atoms with E-state index in [-0.39, 0.29) is 5.91 Å². The Morgan fingerprint density at radius 3 is 2.57 bits per heavy atom. The Bertz CT molecular complexity index is 215. The first-order valence-electron chi connectivity index (χ1n) is 4.96. The minimum atomic E-state index is -0.440. The number of nitrogens with one attached hydrogen (secondary N) is 1.